The molecule has 1 aromatic carbocycles. The van der Waals surface area contributed by atoms with E-state index in [2.05, 4.69) is 15.5 Å². The van der Waals surface area contributed by atoms with E-state index in [4.69, 9.17) is 27.6 Å². The molecule has 0 aliphatic rings. The second-order valence-corrected chi connectivity index (χ2v) is 5.23. The number of hydrogen-bond donors (Lipinski definition) is 1. The van der Waals surface area contributed by atoms with Crippen LogP contribution in [0, 0.1) is 0 Å². The molecule has 0 amide bonds. The van der Waals surface area contributed by atoms with Crippen LogP contribution >= 0.6 is 23.2 Å². The summed E-state index contributed by atoms with van der Waals surface area (Å²) in [5, 5.41) is 5.07. The van der Waals surface area contributed by atoms with Gasteiger partial charge in [0.2, 0.25) is 0 Å². The van der Waals surface area contributed by atoms with Gasteiger partial charge in [-0.05, 0) is 42.5 Å². The van der Waals surface area contributed by atoms with E-state index in [-0.39, 0.29) is 0 Å². The third kappa shape index (κ3) is 3.47. The Kier molecular flexibility index (Phi) is 4.42. The molecule has 0 aliphatic carbocycles. The first kappa shape index (κ1) is 14.6. The average molecular weight is 332 g/mol. The zero-order valence-corrected chi connectivity index (χ0v) is 12.8. The van der Waals surface area contributed by atoms with Crippen molar-refractivity contribution in [2.75, 3.05) is 5.43 Å². The standard InChI is InChI=1S/C16H11Cl2N3O/c17-13-6-4-11(9-14(13)18)15-7-5-12(22-15)10-20-21-16-3-1-2-8-19-16/h1-10H,(H,19,21)/b20-10+. The number of aromatic nitrogens is 1. The Morgan fingerprint density at radius 2 is 1.95 bits per heavy atom. The topological polar surface area (TPSA) is 50.4 Å². The van der Waals surface area contributed by atoms with E-state index in [1.807, 2.05) is 36.4 Å². The molecule has 3 rings (SSSR count). The van der Waals surface area contributed by atoms with Crippen LogP contribution in [0.25, 0.3) is 11.3 Å². The van der Waals surface area contributed by atoms with E-state index in [1.165, 1.54) is 0 Å². The maximum Gasteiger partial charge on any atom is 0.147 e. The third-order valence-corrected chi connectivity index (χ3v) is 3.61. The predicted octanol–water partition coefficient (Wildman–Crippen LogP) is 5.09. The first-order valence-electron chi connectivity index (χ1n) is 6.48. The Labute approximate surface area is 137 Å². The lowest BCUT2D eigenvalue weighted by molar-refractivity contribution is 0.575. The van der Waals surface area contributed by atoms with Gasteiger partial charge in [-0.3, -0.25) is 5.43 Å². The molecule has 6 heteroatoms. The van der Waals surface area contributed by atoms with E-state index < -0.39 is 0 Å². The summed E-state index contributed by atoms with van der Waals surface area (Å²) in [5.74, 6) is 1.97. The van der Waals surface area contributed by atoms with Crippen molar-refractivity contribution in [1.82, 2.24) is 4.98 Å². The second kappa shape index (κ2) is 6.64. The lowest BCUT2D eigenvalue weighted by Gasteiger charge is -1.99. The predicted molar refractivity (Wildman–Crippen MR) is 89.6 cm³/mol. The van der Waals surface area contributed by atoms with Crippen molar-refractivity contribution in [1.29, 1.82) is 0 Å². The Morgan fingerprint density at radius 1 is 1.05 bits per heavy atom. The number of nitrogens with zero attached hydrogens (tertiary/aromatic N) is 2. The summed E-state index contributed by atoms with van der Waals surface area (Å²) in [6.07, 6.45) is 3.27. The van der Waals surface area contributed by atoms with Crippen LogP contribution in [0.5, 0.6) is 0 Å². The largest absolute Gasteiger partial charge is 0.455 e. The zero-order chi connectivity index (χ0) is 15.4. The van der Waals surface area contributed by atoms with Crippen molar-refractivity contribution in [3.05, 3.63) is 70.5 Å². The molecule has 1 N–H and O–H groups in total. The summed E-state index contributed by atoms with van der Waals surface area (Å²) in [7, 11) is 0. The molecule has 0 unspecified atom stereocenters. The normalized spacial score (nSPS) is 11.0. The number of halogens is 2. The quantitative estimate of drug-likeness (QED) is 0.534. The van der Waals surface area contributed by atoms with E-state index in [1.54, 1.807) is 24.5 Å². The molecule has 0 fully saturated rings. The highest BCUT2D eigenvalue weighted by Gasteiger charge is 2.06. The smallest absolute Gasteiger partial charge is 0.147 e. The Bertz CT molecular complexity index is 800. The van der Waals surface area contributed by atoms with Gasteiger partial charge in [0, 0.05) is 11.8 Å². The molecule has 0 bridgehead atoms. The molecule has 2 aromatic heterocycles. The summed E-state index contributed by atoms with van der Waals surface area (Å²) in [5.41, 5.74) is 3.67. The minimum atomic E-state index is 0.489. The van der Waals surface area contributed by atoms with Crippen LogP contribution in [0.3, 0.4) is 0 Å². The van der Waals surface area contributed by atoms with Gasteiger partial charge in [0.15, 0.2) is 0 Å². The Morgan fingerprint density at radius 3 is 2.73 bits per heavy atom. The van der Waals surface area contributed by atoms with Gasteiger partial charge in [-0.1, -0.05) is 29.3 Å². The molecular weight excluding hydrogens is 321 g/mol. The van der Waals surface area contributed by atoms with E-state index in [9.17, 15) is 0 Å². The monoisotopic (exact) mass is 331 g/mol. The summed E-state index contributed by atoms with van der Waals surface area (Å²) < 4.78 is 5.69. The molecule has 2 heterocycles. The van der Waals surface area contributed by atoms with Gasteiger partial charge in [0.1, 0.15) is 17.3 Å². The summed E-state index contributed by atoms with van der Waals surface area (Å²) >= 11 is 11.9. The molecule has 22 heavy (non-hydrogen) atoms. The highest BCUT2D eigenvalue weighted by Crippen LogP contribution is 2.29. The first-order chi connectivity index (χ1) is 10.7. The molecule has 3 aromatic rings. The number of pyridine rings is 1. The van der Waals surface area contributed by atoms with Crippen molar-refractivity contribution in [3.63, 3.8) is 0 Å². The van der Waals surface area contributed by atoms with Crippen LogP contribution in [-0.4, -0.2) is 11.2 Å². The Balaban J connectivity index is 1.72. The van der Waals surface area contributed by atoms with E-state index in [0.29, 0.717) is 27.4 Å². The van der Waals surface area contributed by atoms with E-state index in [0.717, 1.165) is 5.56 Å². The van der Waals surface area contributed by atoms with Gasteiger partial charge in [0.05, 0.1) is 16.3 Å². The van der Waals surface area contributed by atoms with Crippen LogP contribution in [0.1, 0.15) is 5.76 Å². The maximum atomic E-state index is 6.01. The molecular formula is C16H11Cl2N3O. The number of nitrogens with one attached hydrogen (secondary N) is 1. The Hall–Kier alpha value is -2.30. The van der Waals surface area contributed by atoms with Gasteiger partial charge in [-0.2, -0.15) is 5.10 Å². The minimum absolute atomic E-state index is 0.489. The number of benzene rings is 1. The first-order valence-corrected chi connectivity index (χ1v) is 7.23. The van der Waals surface area contributed by atoms with Crippen LogP contribution in [0.4, 0.5) is 5.82 Å². The number of rotatable bonds is 4. The molecule has 0 saturated heterocycles. The van der Waals surface area contributed by atoms with Crippen LogP contribution in [0.2, 0.25) is 10.0 Å². The molecule has 0 aliphatic heterocycles. The van der Waals surface area contributed by atoms with Crippen molar-refractivity contribution in [3.8, 4) is 11.3 Å². The lowest BCUT2D eigenvalue weighted by Crippen LogP contribution is -1.91. The van der Waals surface area contributed by atoms with Gasteiger partial charge in [-0.15, -0.1) is 0 Å². The van der Waals surface area contributed by atoms with Crippen LogP contribution in [0.15, 0.2) is 64.2 Å². The summed E-state index contributed by atoms with van der Waals surface area (Å²) in [6, 6.07) is 14.5. The van der Waals surface area contributed by atoms with Gasteiger partial charge >= 0.3 is 0 Å². The molecule has 0 saturated carbocycles. The van der Waals surface area contributed by atoms with Crippen molar-refractivity contribution >= 4 is 35.2 Å². The fraction of sp³-hybridized carbons (Fsp3) is 0. The molecule has 0 radical (unpaired) electrons. The number of hydrogen-bond acceptors (Lipinski definition) is 4. The summed E-state index contributed by atoms with van der Waals surface area (Å²) in [6.45, 7) is 0. The highest BCUT2D eigenvalue weighted by molar-refractivity contribution is 6.42. The zero-order valence-electron chi connectivity index (χ0n) is 11.3. The molecule has 0 spiro atoms. The number of hydrazone groups is 1. The van der Waals surface area contributed by atoms with Gasteiger partial charge < -0.3 is 4.42 Å². The SMILES string of the molecule is Clc1ccc(-c2ccc(/C=N/Nc3ccccn3)o2)cc1Cl. The minimum Gasteiger partial charge on any atom is -0.455 e. The number of anilines is 1. The molecule has 0 atom stereocenters. The highest BCUT2D eigenvalue weighted by atomic mass is 35.5. The fourth-order valence-electron chi connectivity index (χ4n) is 1.82. The maximum absolute atomic E-state index is 6.01. The third-order valence-electron chi connectivity index (χ3n) is 2.87. The van der Waals surface area contributed by atoms with Gasteiger partial charge in [-0.25, -0.2) is 4.98 Å². The van der Waals surface area contributed by atoms with Crippen molar-refractivity contribution in [2.24, 2.45) is 5.10 Å². The molecule has 110 valence electrons. The van der Waals surface area contributed by atoms with E-state index >= 15 is 0 Å². The summed E-state index contributed by atoms with van der Waals surface area (Å²) in [4.78, 5) is 4.10. The van der Waals surface area contributed by atoms with Crippen LogP contribution in [-0.2, 0) is 0 Å². The van der Waals surface area contributed by atoms with Gasteiger partial charge in [0.25, 0.3) is 0 Å². The second-order valence-electron chi connectivity index (χ2n) is 4.42. The number of furan rings is 1. The fourth-order valence-corrected chi connectivity index (χ4v) is 2.12. The van der Waals surface area contributed by atoms with Crippen molar-refractivity contribution in [2.45, 2.75) is 0 Å². The lowest BCUT2D eigenvalue weighted by atomic mass is 10.2. The average Bonchev–Trinajstić information content (AvgIpc) is 3.00. The molecule has 4 nitrogen and oxygen atoms in total. The van der Waals surface area contributed by atoms with Crippen LogP contribution < -0.4 is 5.43 Å². The van der Waals surface area contributed by atoms with Crippen molar-refractivity contribution < 1.29 is 4.42 Å².